The molecule has 6 aromatic rings. The number of pyridine rings is 3. The van der Waals surface area contributed by atoms with Gasteiger partial charge in [0.05, 0.1) is 22.4 Å². The Hall–Kier alpha value is -4.44. The molecule has 7 rings (SSSR count). The van der Waals surface area contributed by atoms with Crippen LogP contribution in [0.2, 0.25) is 0 Å². The number of nitrogens with zero attached hydrogens (tertiary/aromatic N) is 8. The first-order chi connectivity index (χ1) is 17.7. The van der Waals surface area contributed by atoms with E-state index in [0.717, 1.165) is 58.7 Å². The van der Waals surface area contributed by atoms with E-state index in [9.17, 15) is 0 Å². The molecule has 7 heterocycles. The summed E-state index contributed by atoms with van der Waals surface area (Å²) in [6, 6.07) is 8.10. The quantitative estimate of drug-likeness (QED) is 0.385. The van der Waals surface area contributed by atoms with Crippen LogP contribution in [0.15, 0.2) is 55.4 Å². The Bertz CT molecular complexity index is 1700. The second-order valence-corrected chi connectivity index (χ2v) is 9.27. The molecule has 0 amide bonds. The lowest BCUT2D eigenvalue weighted by atomic mass is 10.1. The SMILES string of the molecule is Cc1cn(-c2nccc3[nH]c(-c4n[nH]c5ccc(-c6cncc(CN7CCCC7)c6)nc45)nc23)cn1. The fourth-order valence-corrected chi connectivity index (χ4v) is 4.90. The zero-order chi connectivity index (χ0) is 24.1. The minimum absolute atomic E-state index is 0.632. The van der Waals surface area contributed by atoms with Crippen molar-refractivity contribution in [2.75, 3.05) is 13.1 Å². The second kappa shape index (κ2) is 8.35. The maximum Gasteiger partial charge on any atom is 0.166 e. The third kappa shape index (κ3) is 3.62. The van der Waals surface area contributed by atoms with Crippen LogP contribution in [0.4, 0.5) is 0 Å². The lowest BCUT2D eigenvalue weighted by molar-refractivity contribution is 0.331. The summed E-state index contributed by atoms with van der Waals surface area (Å²) < 4.78 is 1.88. The van der Waals surface area contributed by atoms with Gasteiger partial charge in [-0.25, -0.2) is 19.9 Å². The highest BCUT2D eigenvalue weighted by molar-refractivity contribution is 5.92. The molecule has 1 saturated heterocycles. The maximum absolute atomic E-state index is 4.97. The lowest BCUT2D eigenvalue weighted by Crippen LogP contribution is -2.18. The molecule has 6 aromatic heterocycles. The van der Waals surface area contributed by atoms with Gasteiger partial charge >= 0.3 is 0 Å². The molecule has 1 aliphatic heterocycles. The standard InChI is InChI=1S/C26H24N10/c1-16-13-36(15-29-16)26-23-20(6-7-28-26)31-25(32-23)24-22-21(33-34-24)5-4-19(30-22)18-10-17(11-27-12-18)14-35-8-2-3-9-35/h4-7,10-13,15H,2-3,8-9,14H2,1H3,(H,31,32)(H,33,34). The van der Waals surface area contributed by atoms with E-state index in [1.165, 1.54) is 18.4 Å². The Morgan fingerprint density at radius 1 is 0.972 bits per heavy atom. The number of aryl methyl sites for hydroxylation is 1. The molecular formula is C26H24N10. The number of aromatic nitrogens is 9. The van der Waals surface area contributed by atoms with Gasteiger partial charge in [-0.2, -0.15) is 5.10 Å². The van der Waals surface area contributed by atoms with E-state index >= 15 is 0 Å². The average Bonchev–Trinajstić information content (AvgIpc) is 3.70. The number of nitrogens with one attached hydrogen (secondary N) is 2. The molecule has 1 aliphatic rings. The Morgan fingerprint density at radius 2 is 1.89 bits per heavy atom. The molecule has 0 aromatic carbocycles. The predicted octanol–water partition coefficient (Wildman–Crippen LogP) is 4.05. The molecule has 0 spiro atoms. The van der Waals surface area contributed by atoms with E-state index in [1.807, 2.05) is 48.3 Å². The Morgan fingerprint density at radius 3 is 2.75 bits per heavy atom. The van der Waals surface area contributed by atoms with Gasteiger partial charge in [-0.3, -0.25) is 19.5 Å². The van der Waals surface area contributed by atoms with Crippen molar-refractivity contribution < 1.29 is 0 Å². The molecule has 0 atom stereocenters. The topological polar surface area (TPSA) is 117 Å². The van der Waals surface area contributed by atoms with E-state index < -0.39 is 0 Å². The smallest absolute Gasteiger partial charge is 0.166 e. The highest BCUT2D eigenvalue weighted by Crippen LogP contribution is 2.29. The number of imidazole rings is 2. The number of hydrogen-bond acceptors (Lipinski definition) is 7. The van der Waals surface area contributed by atoms with E-state index in [-0.39, 0.29) is 0 Å². The lowest BCUT2D eigenvalue weighted by Gasteiger charge is -2.14. The highest BCUT2D eigenvalue weighted by Gasteiger charge is 2.18. The number of rotatable bonds is 5. The minimum Gasteiger partial charge on any atom is -0.336 e. The van der Waals surface area contributed by atoms with Crippen LogP contribution in [-0.4, -0.2) is 62.7 Å². The Labute approximate surface area is 206 Å². The van der Waals surface area contributed by atoms with Crippen molar-refractivity contribution in [1.82, 2.24) is 49.6 Å². The van der Waals surface area contributed by atoms with Gasteiger partial charge in [0.2, 0.25) is 0 Å². The minimum atomic E-state index is 0.632. The van der Waals surface area contributed by atoms with Crippen molar-refractivity contribution in [3.05, 3.63) is 66.6 Å². The van der Waals surface area contributed by atoms with Crippen LogP contribution in [0, 0.1) is 6.92 Å². The molecule has 36 heavy (non-hydrogen) atoms. The molecule has 1 fully saturated rings. The number of likely N-dealkylation sites (tertiary alicyclic amines) is 1. The summed E-state index contributed by atoms with van der Waals surface area (Å²) >= 11 is 0. The van der Waals surface area contributed by atoms with Gasteiger partial charge in [0.25, 0.3) is 0 Å². The average molecular weight is 477 g/mol. The summed E-state index contributed by atoms with van der Waals surface area (Å²) in [6.45, 7) is 5.18. The fourth-order valence-electron chi connectivity index (χ4n) is 4.90. The first-order valence-corrected chi connectivity index (χ1v) is 12.1. The molecule has 10 nitrogen and oxygen atoms in total. The van der Waals surface area contributed by atoms with Crippen molar-refractivity contribution >= 4 is 22.1 Å². The first kappa shape index (κ1) is 20.9. The summed E-state index contributed by atoms with van der Waals surface area (Å²) in [5.74, 6) is 1.35. The van der Waals surface area contributed by atoms with Crippen molar-refractivity contribution in [3.8, 4) is 28.6 Å². The number of H-pyrrole nitrogens is 2. The molecule has 0 saturated carbocycles. The predicted molar refractivity (Wildman–Crippen MR) is 136 cm³/mol. The molecule has 0 bridgehead atoms. The van der Waals surface area contributed by atoms with Gasteiger partial charge in [-0.15, -0.1) is 0 Å². The van der Waals surface area contributed by atoms with Crippen LogP contribution >= 0.6 is 0 Å². The van der Waals surface area contributed by atoms with Gasteiger partial charge in [-0.05, 0) is 62.7 Å². The number of hydrogen-bond donors (Lipinski definition) is 2. The molecule has 10 heteroatoms. The first-order valence-electron chi connectivity index (χ1n) is 12.1. The summed E-state index contributed by atoms with van der Waals surface area (Å²) in [5.41, 5.74) is 7.85. The van der Waals surface area contributed by atoms with Gasteiger partial charge in [0.15, 0.2) is 17.3 Å². The second-order valence-electron chi connectivity index (χ2n) is 9.27. The van der Waals surface area contributed by atoms with Crippen LogP contribution in [0.1, 0.15) is 24.1 Å². The number of aromatic amines is 2. The van der Waals surface area contributed by atoms with Gasteiger partial charge < -0.3 is 4.98 Å². The van der Waals surface area contributed by atoms with Gasteiger partial charge in [0, 0.05) is 36.9 Å². The van der Waals surface area contributed by atoms with Crippen LogP contribution in [0.5, 0.6) is 0 Å². The van der Waals surface area contributed by atoms with Gasteiger partial charge in [-0.1, -0.05) is 0 Å². The van der Waals surface area contributed by atoms with Crippen LogP contribution in [0.25, 0.3) is 50.7 Å². The third-order valence-electron chi connectivity index (χ3n) is 6.67. The third-order valence-corrected chi connectivity index (χ3v) is 6.67. The van der Waals surface area contributed by atoms with Crippen LogP contribution in [0.3, 0.4) is 0 Å². The monoisotopic (exact) mass is 476 g/mol. The summed E-state index contributed by atoms with van der Waals surface area (Å²) in [7, 11) is 0. The largest absolute Gasteiger partial charge is 0.336 e. The van der Waals surface area contributed by atoms with Crippen molar-refractivity contribution in [1.29, 1.82) is 0 Å². The number of fused-ring (bicyclic) bond motifs is 2. The van der Waals surface area contributed by atoms with E-state index in [2.05, 4.69) is 41.1 Å². The highest BCUT2D eigenvalue weighted by atomic mass is 15.2. The van der Waals surface area contributed by atoms with E-state index in [0.29, 0.717) is 17.3 Å². The summed E-state index contributed by atoms with van der Waals surface area (Å²) in [6.07, 6.45) is 11.8. The Kier molecular flexibility index (Phi) is 4.84. The normalized spacial score (nSPS) is 14.4. The van der Waals surface area contributed by atoms with Crippen molar-refractivity contribution in [3.63, 3.8) is 0 Å². The summed E-state index contributed by atoms with van der Waals surface area (Å²) in [4.78, 5) is 29.0. The molecule has 0 aliphatic carbocycles. The van der Waals surface area contributed by atoms with Crippen LogP contribution in [-0.2, 0) is 6.54 Å². The Balaban J connectivity index is 1.28. The molecule has 2 N–H and O–H groups in total. The van der Waals surface area contributed by atoms with Crippen molar-refractivity contribution in [2.45, 2.75) is 26.3 Å². The van der Waals surface area contributed by atoms with Crippen molar-refractivity contribution in [2.24, 2.45) is 0 Å². The van der Waals surface area contributed by atoms with E-state index in [1.54, 1.807) is 12.5 Å². The van der Waals surface area contributed by atoms with Crippen LogP contribution < -0.4 is 0 Å². The van der Waals surface area contributed by atoms with E-state index in [4.69, 9.17) is 9.97 Å². The zero-order valence-electron chi connectivity index (χ0n) is 19.8. The summed E-state index contributed by atoms with van der Waals surface area (Å²) in [5, 5.41) is 7.64. The fraction of sp³-hybridized carbons (Fsp3) is 0.231. The van der Waals surface area contributed by atoms with Gasteiger partial charge in [0.1, 0.15) is 17.4 Å². The molecule has 0 radical (unpaired) electrons. The maximum atomic E-state index is 4.97. The molecule has 178 valence electrons. The zero-order valence-corrected chi connectivity index (χ0v) is 19.8. The molecule has 0 unspecified atom stereocenters. The molecular weight excluding hydrogens is 452 g/mol.